The number of likely N-dealkylation sites (N-methyl/N-ethyl adjacent to an activating group) is 1. The smallest absolute Gasteiger partial charge is 0.275 e. The number of phenols is 1. The van der Waals surface area contributed by atoms with Crippen molar-refractivity contribution in [3.8, 4) is 5.75 Å². The van der Waals surface area contributed by atoms with E-state index in [0.717, 1.165) is 43.1 Å². The summed E-state index contributed by atoms with van der Waals surface area (Å²) in [6.45, 7) is 4.94. The maximum atomic E-state index is 12.6. The highest BCUT2D eigenvalue weighted by molar-refractivity contribution is 7.09. The number of hydrogen-bond acceptors (Lipinski definition) is 6. The fraction of sp³-hybridized carbons (Fsp3) is 0.300. The third kappa shape index (κ3) is 3.95. The normalized spacial score (nSPS) is 15.9. The SMILES string of the molecule is CN1CCN(Cc2nc(C(=O)Nc3cccc4cccc(O)c34)cs2)CC1. The molecular formula is C20H22N4O2S. The van der Waals surface area contributed by atoms with Gasteiger partial charge in [-0.25, -0.2) is 4.98 Å². The van der Waals surface area contributed by atoms with Gasteiger partial charge in [0.1, 0.15) is 16.5 Å². The van der Waals surface area contributed by atoms with E-state index in [2.05, 4.69) is 27.1 Å². The van der Waals surface area contributed by atoms with Gasteiger partial charge in [-0.2, -0.15) is 0 Å². The van der Waals surface area contributed by atoms with Gasteiger partial charge in [0.05, 0.1) is 12.2 Å². The molecule has 1 aromatic heterocycles. The Labute approximate surface area is 162 Å². The molecule has 0 radical (unpaired) electrons. The lowest BCUT2D eigenvalue weighted by atomic mass is 10.1. The van der Waals surface area contributed by atoms with Crippen molar-refractivity contribution in [2.75, 3.05) is 38.5 Å². The molecule has 3 aromatic rings. The minimum Gasteiger partial charge on any atom is -0.507 e. The number of anilines is 1. The Balaban J connectivity index is 1.47. The molecule has 1 amide bonds. The molecule has 4 rings (SSSR count). The zero-order valence-corrected chi connectivity index (χ0v) is 16.0. The first-order valence-corrected chi connectivity index (χ1v) is 9.85. The molecule has 2 N–H and O–H groups in total. The lowest BCUT2D eigenvalue weighted by Crippen LogP contribution is -2.43. The van der Waals surface area contributed by atoms with Crippen molar-refractivity contribution in [3.63, 3.8) is 0 Å². The van der Waals surface area contributed by atoms with E-state index in [9.17, 15) is 9.90 Å². The van der Waals surface area contributed by atoms with Gasteiger partial charge in [-0.3, -0.25) is 9.69 Å². The predicted octanol–water partition coefficient (Wildman–Crippen LogP) is 3.00. The summed E-state index contributed by atoms with van der Waals surface area (Å²) in [7, 11) is 2.13. The van der Waals surface area contributed by atoms with Crippen LogP contribution >= 0.6 is 11.3 Å². The molecule has 0 aliphatic carbocycles. The molecule has 1 fully saturated rings. The molecule has 2 aromatic carbocycles. The van der Waals surface area contributed by atoms with Crippen molar-refractivity contribution >= 4 is 33.7 Å². The van der Waals surface area contributed by atoms with Gasteiger partial charge in [0.15, 0.2) is 0 Å². The second-order valence-electron chi connectivity index (χ2n) is 6.84. The van der Waals surface area contributed by atoms with Gasteiger partial charge in [-0.05, 0) is 24.6 Å². The van der Waals surface area contributed by atoms with Crippen LogP contribution in [0.5, 0.6) is 5.75 Å². The van der Waals surface area contributed by atoms with Gasteiger partial charge in [0, 0.05) is 36.9 Å². The van der Waals surface area contributed by atoms with E-state index >= 15 is 0 Å². The second kappa shape index (κ2) is 7.64. The molecule has 1 saturated heterocycles. The van der Waals surface area contributed by atoms with Gasteiger partial charge in [0.25, 0.3) is 5.91 Å². The van der Waals surface area contributed by atoms with Crippen LogP contribution in [0.25, 0.3) is 10.8 Å². The Bertz CT molecular complexity index is 958. The molecule has 0 bridgehead atoms. The number of benzene rings is 2. The third-order valence-corrected chi connectivity index (χ3v) is 5.70. The molecule has 2 heterocycles. The lowest BCUT2D eigenvalue weighted by Gasteiger charge is -2.31. The summed E-state index contributed by atoms with van der Waals surface area (Å²) in [4.78, 5) is 21.8. The zero-order chi connectivity index (χ0) is 18.8. The largest absolute Gasteiger partial charge is 0.507 e. The number of rotatable bonds is 4. The highest BCUT2D eigenvalue weighted by atomic mass is 32.1. The number of phenolic OH excluding ortho intramolecular Hbond substituents is 1. The molecular weight excluding hydrogens is 360 g/mol. The van der Waals surface area contributed by atoms with Crippen molar-refractivity contribution in [1.82, 2.24) is 14.8 Å². The van der Waals surface area contributed by atoms with Gasteiger partial charge in [-0.1, -0.05) is 24.3 Å². The average molecular weight is 382 g/mol. The topological polar surface area (TPSA) is 68.7 Å². The number of thiazole rings is 1. The van der Waals surface area contributed by atoms with Gasteiger partial charge in [-0.15, -0.1) is 11.3 Å². The summed E-state index contributed by atoms with van der Waals surface area (Å²) in [5.74, 6) is -0.107. The lowest BCUT2D eigenvalue weighted by molar-refractivity contribution is 0.102. The van der Waals surface area contributed by atoms with E-state index < -0.39 is 0 Å². The van der Waals surface area contributed by atoms with Crippen LogP contribution in [0.4, 0.5) is 5.69 Å². The van der Waals surface area contributed by atoms with Gasteiger partial charge < -0.3 is 15.3 Å². The first-order valence-electron chi connectivity index (χ1n) is 8.97. The molecule has 1 aliphatic rings. The number of amides is 1. The zero-order valence-electron chi connectivity index (χ0n) is 15.2. The number of carbonyl (C=O) groups is 1. The number of nitrogens with zero attached hydrogens (tertiary/aromatic N) is 3. The Morgan fingerprint density at radius 1 is 1.19 bits per heavy atom. The maximum absolute atomic E-state index is 12.6. The van der Waals surface area contributed by atoms with Crippen LogP contribution in [-0.2, 0) is 6.54 Å². The van der Waals surface area contributed by atoms with E-state index in [1.165, 1.54) is 11.3 Å². The first-order chi connectivity index (χ1) is 13.1. The van der Waals surface area contributed by atoms with Crippen LogP contribution in [0, 0.1) is 0 Å². The Kier molecular flexibility index (Phi) is 5.07. The number of aromatic nitrogens is 1. The maximum Gasteiger partial charge on any atom is 0.275 e. The molecule has 0 spiro atoms. The number of aromatic hydroxyl groups is 1. The number of fused-ring (bicyclic) bond motifs is 1. The van der Waals surface area contributed by atoms with Crippen LogP contribution < -0.4 is 5.32 Å². The number of nitrogens with one attached hydrogen (secondary N) is 1. The van der Waals surface area contributed by atoms with E-state index in [1.807, 2.05) is 18.2 Å². The minimum atomic E-state index is -0.258. The molecule has 1 aliphatic heterocycles. The third-order valence-electron chi connectivity index (χ3n) is 4.87. The summed E-state index contributed by atoms with van der Waals surface area (Å²) < 4.78 is 0. The van der Waals surface area contributed by atoms with Crippen LogP contribution in [-0.4, -0.2) is 59.0 Å². The quantitative estimate of drug-likeness (QED) is 0.726. The highest BCUT2D eigenvalue weighted by Gasteiger charge is 2.17. The standard InChI is InChI=1S/C20H22N4O2S/c1-23-8-10-24(11-9-23)12-18-21-16(13-27-18)20(26)22-15-6-2-4-14-5-3-7-17(25)19(14)15/h2-7,13,25H,8-12H2,1H3,(H,22,26). The minimum absolute atomic E-state index is 0.150. The molecule has 6 nitrogen and oxygen atoms in total. The van der Waals surface area contributed by atoms with Gasteiger partial charge in [0.2, 0.25) is 0 Å². The van der Waals surface area contributed by atoms with Crippen LogP contribution in [0.1, 0.15) is 15.5 Å². The average Bonchev–Trinajstić information content (AvgIpc) is 3.13. The highest BCUT2D eigenvalue weighted by Crippen LogP contribution is 2.31. The molecule has 0 saturated carbocycles. The van der Waals surface area contributed by atoms with Gasteiger partial charge >= 0.3 is 0 Å². The van der Waals surface area contributed by atoms with Crippen molar-refractivity contribution in [1.29, 1.82) is 0 Å². The summed E-state index contributed by atoms with van der Waals surface area (Å²) in [6, 6.07) is 10.9. The summed E-state index contributed by atoms with van der Waals surface area (Å²) in [6.07, 6.45) is 0. The number of piperazine rings is 1. The Morgan fingerprint density at radius 2 is 1.93 bits per heavy atom. The predicted molar refractivity (Wildman–Crippen MR) is 108 cm³/mol. The second-order valence-corrected chi connectivity index (χ2v) is 7.78. The summed E-state index contributed by atoms with van der Waals surface area (Å²) in [5.41, 5.74) is 1.00. The molecule has 140 valence electrons. The first kappa shape index (κ1) is 17.9. The molecule has 0 atom stereocenters. The molecule has 0 unspecified atom stereocenters. The summed E-state index contributed by atoms with van der Waals surface area (Å²) >= 11 is 1.51. The molecule has 27 heavy (non-hydrogen) atoms. The fourth-order valence-electron chi connectivity index (χ4n) is 3.30. The Morgan fingerprint density at radius 3 is 2.70 bits per heavy atom. The van der Waals surface area contributed by atoms with Crippen LogP contribution in [0.15, 0.2) is 41.8 Å². The van der Waals surface area contributed by atoms with Crippen LogP contribution in [0.2, 0.25) is 0 Å². The van der Waals surface area contributed by atoms with E-state index in [1.54, 1.807) is 23.6 Å². The monoisotopic (exact) mass is 382 g/mol. The number of carbonyl (C=O) groups excluding carboxylic acids is 1. The van der Waals surface area contributed by atoms with Crippen molar-refractivity contribution in [2.24, 2.45) is 0 Å². The van der Waals surface area contributed by atoms with Crippen molar-refractivity contribution in [2.45, 2.75) is 6.54 Å². The van der Waals surface area contributed by atoms with Crippen molar-refractivity contribution in [3.05, 3.63) is 52.5 Å². The van der Waals surface area contributed by atoms with Crippen LogP contribution in [0.3, 0.4) is 0 Å². The van der Waals surface area contributed by atoms with E-state index in [-0.39, 0.29) is 11.7 Å². The molecule has 7 heteroatoms. The Hall–Kier alpha value is -2.48. The van der Waals surface area contributed by atoms with Crippen molar-refractivity contribution < 1.29 is 9.90 Å². The van der Waals surface area contributed by atoms with E-state index in [4.69, 9.17) is 0 Å². The number of hydrogen-bond donors (Lipinski definition) is 2. The summed E-state index contributed by atoms with van der Waals surface area (Å²) in [5, 5.41) is 17.3. The fourth-order valence-corrected chi connectivity index (χ4v) is 4.11. The van der Waals surface area contributed by atoms with E-state index in [0.29, 0.717) is 16.8 Å².